The molecule has 1 atom stereocenters. The Kier molecular flexibility index (Phi) is 6.07. The van der Waals surface area contributed by atoms with Crippen molar-refractivity contribution in [2.45, 2.75) is 75.0 Å². The highest BCUT2D eigenvalue weighted by Gasteiger charge is 2.48. The summed E-state index contributed by atoms with van der Waals surface area (Å²) in [4.78, 5) is 43.0. The van der Waals surface area contributed by atoms with Crippen LogP contribution in [0.2, 0.25) is 0 Å². The van der Waals surface area contributed by atoms with Gasteiger partial charge in [0.25, 0.3) is 0 Å². The summed E-state index contributed by atoms with van der Waals surface area (Å²) >= 11 is 0. The first-order valence-corrected chi connectivity index (χ1v) is 10.2. The zero-order valence-electron chi connectivity index (χ0n) is 17.1. The maximum absolute atomic E-state index is 14.0. The van der Waals surface area contributed by atoms with E-state index >= 15 is 0 Å². The highest BCUT2D eigenvalue weighted by molar-refractivity contribution is 6.36. The molecule has 0 aromatic carbocycles. The standard InChI is InChI=1S/C19H25F2N5O5/c1-2-19(20,21)10-12(14(27)24-17(11-22)3-4-17)23-16(30)26-7-5-18(6-8-26)9-13(15(28)29)25-31-18/h12H,2-10H2,1H3,(H,23,30)(H,24,27)(H,28,29)/t12-/m0/s1. The topological polar surface area (TPSA) is 144 Å². The van der Waals surface area contributed by atoms with Gasteiger partial charge in [0, 0.05) is 45.2 Å². The highest BCUT2D eigenvalue weighted by atomic mass is 19.3. The van der Waals surface area contributed by atoms with Crippen LogP contribution in [-0.4, -0.2) is 69.8 Å². The van der Waals surface area contributed by atoms with Crippen molar-refractivity contribution in [3.05, 3.63) is 0 Å². The number of nitriles is 1. The molecule has 2 aliphatic heterocycles. The number of hydrogen-bond acceptors (Lipinski definition) is 6. The minimum Gasteiger partial charge on any atom is -0.477 e. The number of hydrogen-bond donors (Lipinski definition) is 3. The van der Waals surface area contributed by atoms with Crippen LogP contribution in [0, 0.1) is 11.3 Å². The Hall–Kier alpha value is -2.97. The molecule has 2 heterocycles. The number of nitrogens with zero attached hydrogens (tertiary/aromatic N) is 3. The van der Waals surface area contributed by atoms with Crippen molar-refractivity contribution >= 4 is 23.6 Å². The molecular weight excluding hydrogens is 416 g/mol. The Morgan fingerprint density at radius 3 is 2.45 bits per heavy atom. The molecule has 31 heavy (non-hydrogen) atoms. The van der Waals surface area contributed by atoms with Gasteiger partial charge < -0.3 is 25.5 Å². The van der Waals surface area contributed by atoms with Crippen molar-refractivity contribution in [3.8, 4) is 6.07 Å². The summed E-state index contributed by atoms with van der Waals surface area (Å²) in [6.07, 6.45) is 0.274. The normalized spacial score (nSPS) is 22.0. The first-order valence-electron chi connectivity index (χ1n) is 10.2. The predicted octanol–water partition coefficient (Wildman–Crippen LogP) is 1.37. The van der Waals surface area contributed by atoms with E-state index in [-0.39, 0.29) is 25.2 Å². The maximum Gasteiger partial charge on any atom is 0.353 e. The number of halogens is 2. The van der Waals surface area contributed by atoms with E-state index in [2.05, 4.69) is 15.8 Å². The molecule has 0 aromatic heterocycles. The third kappa shape index (κ3) is 5.21. The molecule has 1 saturated carbocycles. The lowest BCUT2D eigenvalue weighted by atomic mass is 9.87. The Balaban J connectivity index is 1.59. The third-order valence-corrected chi connectivity index (χ3v) is 6.01. The fraction of sp³-hybridized carbons (Fsp3) is 0.737. The number of aliphatic carboxylic acids is 1. The van der Waals surface area contributed by atoms with Crippen molar-refractivity contribution in [2.24, 2.45) is 5.16 Å². The van der Waals surface area contributed by atoms with E-state index in [0.717, 1.165) is 0 Å². The van der Waals surface area contributed by atoms with Gasteiger partial charge in [-0.3, -0.25) is 4.79 Å². The first kappa shape index (κ1) is 22.7. The lowest BCUT2D eigenvalue weighted by molar-refractivity contribution is -0.129. The van der Waals surface area contributed by atoms with Gasteiger partial charge in [-0.2, -0.15) is 5.26 Å². The number of carbonyl (C=O) groups is 3. The summed E-state index contributed by atoms with van der Waals surface area (Å²) in [5.74, 6) is -5.13. The molecule has 0 unspecified atom stereocenters. The van der Waals surface area contributed by atoms with Crippen molar-refractivity contribution < 1.29 is 33.1 Å². The Morgan fingerprint density at radius 1 is 1.32 bits per heavy atom. The number of carboxylic acids is 1. The molecule has 3 amide bonds. The van der Waals surface area contributed by atoms with E-state index in [1.165, 1.54) is 11.8 Å². The number of urea groups is 1. The van der Waals surface area contributed by atoms with Crippen molar-refractivity contribution in [3.63, 3.8) is 0 Å². The van der Waals surface area contributed by atoms with Crippen LogP contribution in [0.25, 0.3) is 0 Å². The average Bonchev–Trinajstić information content (AvgIpc) is 3.38. The number of alkyl halides is 2. The number of nitrogens with one attached hydrogen (secondary N) is 2. The second-order valence-electron chi connectivity index (χ2n) is 8.38. The summed E-state index contributed by atoms with van der Waals surface area (Å²) in [6, 6.07) is -0.209. The summed E-state index contributed by atoms with van der Waals surface area (Å²) in [5, 5.41) is 26.6. The first-order chi connectivity index (χ1) is 14.5. The van der Waals surface area contributed by atoms with Gasteiger partial charge >= 0.3 is 12.0 Å². The van der Waals surface area contributed by atoms with E-state index in [1.807, 2.05) is 6.07 Å². The number of oxime groups is 1. The molecule has 0 bridgehead atoms. The molecule has 1 aliphatic carbocycles. The summed E-state index contributed by atoms with van der Waals surface area (Å²) in [6.45, 7) is 1.66. The molecule has 0 aromatic rings. The molecule has 12 heteroatoms. The van der Waals surface area contributed by atoms with Gasteiger partial charge in [-0.05, 0) is 12.8 Å². The second kappa shape index (κ2) is 8.28. The maximum atomic E-state index is 14.0. The Bertz CT molecular complexity index is 828. The zero-order chi connectivity index (χ0) is 22.9. The van der Waals surface area contributed by atoms with Crippen LogP contribution in [0.5, 0.6) is 0 Å². The summed E-state index contributed by atoms with van der Waals surface area (Å²) in [5.41, 5.74) is -1.91. The minimum atomic E-state index is -3.16. The van der Waals surface area contributed by atoms with Crippen LogP contribution in [-0.2, 0) is 14.4 Å². The quantitative estimate of drug-likeness (QED) is 0.544. The molecule has 3 aliphatic rings. The van der Waals surface area contributed by atoms with Gasteiger partial charge in [-0.25, -0.2) is 18.4 Å². The third-order valence-electron chi connectivity index (χ3n) is 6.01. The van der Waals surface area contributed by atoms with E-state index in [9.17, 15) is 23.2 Å². The smallest absolute Gasteiger partial charge is 0.353 e. The van der Waals surface area contributed by atoms with Crippen LogP contribution in [0.15, 0.2) is 5.16 Å². The van der Waals surface area contributed by atoms with Crippen LogP contribution in [0.4, 0.5) is 13.6 Å². The number of likely N-dealkylation sites (tertiary alicyclic amines) is 1. The SMILES string of the molecule is CCC(F)(F)C[C@H](NC(=O)N1CCC2(CC1)CC(C(=O)O)=NO2)C(=O)NC1(C#N)CC1. The van der Waals surface area contributed by atoms with Gasteiger partial charge in [0.05, 0.1) is 6.07 Å². The second-order valence-corrected chi connectivity index (χ2v) is 8.38. The molecule has 1 spiro atoms. The molecule has 3 rings (SSSR count). The molecule has 2 fully saturated rings. The van der Waals surface area contributed by atoms with Crippen LogP contribution < -0.4 is 10.6 Å². The Morgan fingerprint density at radius 2 is 1.97 bits per heavy atom. The molecule has 170 valence electrons. The number of rotatable bonds is 7. The van der Waals surface area contributed by atoms with E-state index in [1.54, 1.807) is 0 Å². The lowest BCUT2D eigenvalue weighted by Gasteiger charge is -2.37. The molecule has 1 saturated heterocycles. The molecule has 0 radical (unpaired) electrons. The zero-order valence-corrected chi connectivity index (χ0v) is 17.1. The van der Waals surface area contributed by atoms with E-state index in [4.69, 9.17) is 15.2 Å². The molecule has 3 N–H and O–H groups in total. The van der Waals surface area contributed by atoms with Gasteiger partial charge in [0.15, 0.2) is 5.71 Å². The van der Waals surface area contributed by atoms with Crippen molar-refractivity contribution in [1.82, 2.24) is 15.5 Å². The largest absolute Gasteiger partial charge is 0.477 e. The highest BCUT2D eigenvalue weighted by Crippen LogP contribution is 2.36. The number of piperidine rings is 1. The van der Waals surface area contributed by atoms with Crippen molar-refractivity contribution in [1.29, 1.82) is 5.26 Å². The van der Waals surface area contributed by atoms with E-state index in [0.29, 0.717) is 25.7 Å². The number of carboxylic acid groups (broad SMARTS) is 1. The van der Waals surface area contributed by atoms with Crippen LogP contribution >= 0.6 is 0 Å². The summed E-state index contributed by atoms with van der Waals surface area (Å²) in [7, 11) is 0. The fourth-order valence-corrected chi connectivity index (χ4v) is 3.63. The average molecular weight is 441 g/mol. The summed E-state index contributed by atoms with van der Waals surface area (Å²) < 4.78 is 28.0. The van der Waals surface area contributed by atoms with Gasteiger partial charge in [0.1, 0.15) is 17.2 Å². The molecule has 10 nitrogen and oxygen atoms in total. The van der Waals surface area contributed by atoms with Gasteiger partial charge in [0.2, 0.25) is 11.8 Å². The Labute approximate surface area is 177 Å². The number of amides is 3. The number of carbonyl (C=O) groups excluding carboxylic acids is 2. The monoisotopic (exact) mass is 441 g/mol. The van der Waals surface area contributed by atoms with Gasteiger partial charge in [-0.1, -0.05) is 12.1 Å². The minimum absolute atomic E-state index is 0.0806. The molecular formula is C19H25F2N5O5. The van der Waals surface area contributed by atoms with Gasteiger partial charge in [-0.15, -0.1) is 0 Å². The van der Waals surface area contributed by atoms with E-state index < -0.39 is 53.9 Å². The van der Waals surface area contributed by atoms with Crippen LogP contribution in [0.1, 0.15) is 51.9 Å². The fourth-order valence-electron chi connectivity index (χ4n) is 3.63. The predicted molar refractivity (Wildman–Crippen MR) is 102 cm³/mol. The lowest BCUT2D eigenvalue weighted by Crippen LogP contribution is -2.57. The van der Waals surface area contributed by atoms with Crippen molar-refractivity contribution in [2.75, 3.05) is 13.1 Å². The van der Waals surface area contributed by atoms with Crippen LogP contribution in [0.3, 0.4) is 0 Å².